The number of rotatable bonds is 11. The van der Waals surface area contributed by atoms with Crippen LogP contribution in [0.5, 0.6) is 11.5 Å². The van der Waals surface area contributed by atoms with E-state index in [1.54, 1.807) is 63.2 Å². The topological polar surface area (TPSA) is 94.5 Å². The standard InChI is InChI=1S/C30H34ClNO7/c1-21(33)38-39-27-10-5-7-23(17-27)20-36-26-13-11-22(12-14-26)15-16-32(29(35)37-30(2,3)4)19-28(34)24-8-6-9-25(31)18-24/h5-14,17-18,28,34H,15-16,19-20H2,1-4H3/t28-/m0/s1. The van der Waals surface area contributed by atoms with E-state index in [-0.39, 0.29) is 6.54 Å². The van der Waals surface area contributed by atoms with E-state index in [2.05, 4.69) is 4.89 Å². The Morgan fingerprint density at radius 2 is 1.67 bits per heavy atom. The average molecular weight is 556 g/mol. The van der Waals surface area contributed by atoms with Crippen molar-refractivity contribution in [2.45, 2.75) is 52.4 Å². The van der Waals surface area contributed by atoms with E-state index in [1.165, 1.54) is 11.8 Å². The van der Waals surface area contributed by atoms with Crippen LogP contribution in [0.2, 0.25) is 5.02 Å². The number of ether oxygens (including phenoxy) is 2. The Kier molecular flexibility index (Phi) is 10.6. The van der Waals surface area contributed by atoms with Crippen LogP contribution in [0.25, 0.3) is 0 Å². The molecule has 0 saturated heterocycles. The van der Waals surface area contributed by atoms with Crippen molar-refractivity contribution in [3.8, 4) is 11.5 Å². The van der Waals surface area contributed by atoms with E-state index >= 15 is 0 Å². The maximum absolute atomic E-state index is 12.9. The highest BCUT2D eigenvalue weighted by atomic mass is 35.5. The Labute approximate surface area is 233 Å². The zero-order valence-electron chi connectivity index (χ0n) is 22.6. The van der Waals surface area contributed by atoms with E-state index in [0.717, 1.165) is 11.1 Å². The fraction of sp³-hybridized carbons (Fsp3) is 0.333. The van der Waals surface area contributed by atoms with Gasteiger partial charge in [-0.05, 0) is 80.3 Å². The van der Waals surface area contributed by atoms with Crippen LogP contribution in [0.1, 0.15) is 50.5 Å². The molecule has 0 fully saturated rings. The summed E-state index contributed by atoms with van der Waals surface area (Å²) in [7, 11) is 0. The minimum Gasteiger partial charge on any atom is -0.489 e. The molecule has 0 unspecified atom stereocenters. The zero-order valence-corrected chi connectivity index (χ0v) is 23.3. The van der Waals surface area contributed by atoms with Crippen molar-refractivity contribution in [3.63, 3.8) is 0 Å². The lowest BCUT2D eigenvalue weighted by atomic mass is 10.1. The largest absolute Gasteiger partial charge is 0.489 e. The summed E-state index contributed by atoms with van der Waals surface area (Å²) in [6, 6.07) is 21.6. The lowest BCUT2D eigenvalue weighted by Gasteiger charge is -2.29. The third-order valence-electron chi connectivity index (χ3n) is 5.43. The maximum atomic E-state index is 12.9. The van der Waals surface area contributed by atoms with E-state index < -0.39 is 23.8 Å². The van der Waals surface area contributed by atoms with Crippen LogP contribution in [0.15, 0.2) is 72.8 Å². The van der Waals surface area contributed by atoms with Gasteiger partial charge >= 0.3 is 12.1 Å². The summed E-state index contributed by atoms with van der Waals surface area (Å²) in [5.41, 5.74) is 1.79. The molecule has 8 nitrogen and oxygen atoms in total. The Morgan fingerprint density at radius 1 is 0.949 bits per heavy atom. The first-order chi connectivity index (χ1) is 18.5. The van der Waals surface area contributed by atoms with Gasteiger partial charge in [0.15, 0.2) is 5.75 Å². The average Bonchev–Trinajstić information content (AvgIpc) is 2.88. The minimum atomic E-state index is -0.912. The van der Waals surface area contributed by atoms with Crippen molar-refractivity contribution in [1.82, 2.24) is 4.90 Å². The van der Waals surface area contributed by atoms with Gasteiger partial charge in [0.05, 0.1) is 12.6 Å². The fourth-order valence-corrected chi connectivity index (χ4v) is 3.79. The summed E-state index contributed by atoms with van der Waals surface area (Å²) in [6.45, 7) is 7.38. The molecule has 0 aliphatic carbocycles. The summed E-state index contributed by atoms with van der Waals surface area (Å²) >= 11 is 6.07. The zero-order chi connectivity index (χ0) is 28.4. The Morgan fingerprint density at radius 3 is 2.33 bits per heavy atom. The van der Waals surface area contributed by atoms with Crippen LogP contribution in [-0.2, 0) is 27.4 Å². The van der Waals surface area contributed by atoms with Gasteiger partial charge in [0, 0.05) is 18.5 Å². The first-order valence-electron chi connectivity index (χ1n) is 12.6. The first kappa shape index (κ1) is 29.8. The molecule has 0 heterocycles. The van der Waals surface area contributed by atoms with Gasteiger partial charge in [-0.1, -0.05) is 48.0 Å². The van der Waals surface area contributed by atoms with Crippen LogP contribution >= 0.6 is 11.6 Å². The smallest absolute Gasteiger partial charge is 0.410 e. The molecule has 1 atom stereocenters. The van der Waals surface area contributed by atoms with Crippen LogP contribution in [0.4, 0.5) is 4.79 Å². The molecule has 1 amide bonds. The van der Waals surface area contributed by atoms with E-state index in [1.807, 2.05) is 30.3 Å². The second kappa shape index (κ2) is 13.9. The number of nitrogens with zero attached hydrogens (tertiary/aromatic N) is 1. The number of aliphatic hydroxyl groups excluding tert-OH is 1. The molecule has 39 heavy (non-hydrogen) atoms. The molecule has 0 spiro atoms. The molecule has 0 bridgehead atoms. The van der Waals surface area contributed by atoms with Gasteiger partial charge in [-0.25, -0.2) is 9.59 Å². The predicted molar refractivity (Wildman–Crippen MR) is 148 cm³/mol. The molecule has 0 radical (unpaired) electrons. The summed E-state index contributed by atoms with van der Waals surface area (Å²) in [5, 5.41) is 11.3. The summed E-state index contributed by atoms with van der Waals surface area (Å²) in [6.07, 6.45) is -0.856. The molecule has 9 heteroatoms. The van der Waals surface area contributed by atoms with E-state index in [0.29, 0.717) is 41.7 Å². The molecule has 0 saturated carbocycles. The quantitative estimate of drug-likeness (QED) is 0.219. The maximum Gasteiger partial charge on any atom is 0.410 e. The summed E-state index contributed by atoms with van der Waals surface area (Å²) in [4.78, 5) is 34.8. The summed E-state index contributed by atoms with van der Waals surface area (Å²) < 4.78 is 11.4. The van der Waals surface area contributed by atoms with Crippen molar-refractivity contribution < 1.29 is 33.9 Å². The highest BCUT2D eigenvalue weighted by molar-refractivity contribution is 6.30. The molecule has 3 rings (SSSR count). The highest BCUT2D eigenvalue weighted by Gasteiger charge is 2.24. The van der Waals surface area contributed by atoms with Crippen LogP contribution < -0.4 is 9.62 Å². The van der Waals surface area contributed by atoms with Crippen molar-refractivity contribution in [2.75, 3.05) is 13.1 Å². The van der Waals surface area contributed by atoms with Gasteiger partial charge in [0.1, 0.15) is 18.0 Å². The molecule has 0 aliphatic heterocycles. The Balaban J connectivity index is 1.58. The molecule has 3 aromatic rings. The third kappa shape index (κ3) is 10.5. The van der Waals surface area contributed by atoms with E-state index in [9.17, 15) is 14.7 Å². The molecule has 0 aromatic heterocycles. The van der Waals surface area contributed by atoms with Crippen molar-refractivity contribution in [3.05, 3.63) is 94.5 Å². The van der Waals surface area contributed by atoms with Crippen molar-refractivity contribution in [2.24, 2.45) is 0 Å². The van der Waals surface area contributed by atoms with Gasteiger partial charge in [-0.15, -0.1) is 0 Å². The molecule has 0 aliphatic rings. The number of amides is 1. The van der Waals surface area contributed by atoms with Gasteiger partial charge in [0.25, 0.3) is 0 Å². The van der Waals surface area contributed by atoms with Gasteiger partial charge in [-0.3, -0.25) is 9.78 Å². The fourth-order valence-electron chi connectivity index (χ4n) is 3.59. The van der Waals surface area contributed by atoms with Gasteiger partial charge < -0.3 is 19.5 Å². The number of carbonyl (C=O) groups is 2. The second-order valence-electron chi connectivity index (χ2n) is 9.99. The number of halogens is 1. The van der Waals surface area contributed by atoms with Crippen LogP contribution in [-0.4, -0.2) is 40.8 Å². The highest BCUT2D eigenvalue weighted by Crippen LogP contribution is 2.21. The third-order valence-corrected chi connectivity index (χ3v) is 5.67. The lowest BCUT2D eigenvalue weighted by Crippen LogP contribution is -2.40. The molecule has 208 valence electrons. The molecular weight excluding hydrogens is 522 g/mol. The van der Waals surface area contributed by atoms with Gasteiger partial charge in [0.2, 0.25) is 0 Å². The number of hydrogen-bond acceptors (Lipinski definition) is 7. The molecule has 3 aromatic carbocycles. The normalized spacial score (nSPS) is 11.8. The first-order valence-corrected chi connectivity index (χ1v) is 12.9. The van der Waals surface area contributed by atoms with Crippen LogP contribution in [0, 0.1) is 0 Å². The number of aliphatic hydroxyl groups is 1. The monoisotopic (exact) mass is 555 g/mol. The Bertz CT molecular complexity index is 1240. The minimum absolute atomic E-state index is 0.0662. The molecular formula is C30H34ClNO7. The SMILES string of the molecule is CC(=O)OOc1cccc(COc2ccc(CCN(C[C@H](O)c3cccc(Cl)c3)C(=O)OC(C)(C)C)cc2)c1. The van der Waals surface area contributed by atoms with Gasteiger partial charge in [-0.2, -0.15) is 0 Å². The number of hydrogen-bond donors (Lipinski definition) is 1. The van der Waals surface area contributed by atoms with E-state index in [4.69, 9.17) is 26.0 Å². The summed E-state index contributed by atoms with van der Waals surface area (Å²) in [5.74, 6) is 0.533. The number of benzene rings is 3. The van der Waals surface area contributed by atoms with Crippen molar-refractivity contribution in [1.29, 1.82) is 0 Å². The second-order valence-corrected chi connectivity index (χ2v) is 10.4. The van der Waals surface area contributed by atoms with Crippen molar-refractivity contribution >= 4 is 23.7 Å². The lowest BCUT2D eigenvalue weighted by molar-refractivity contribution is -0.210. The Hall–Kier alpha value is -3.75. The number of carbonyl (C=O) groups excluding carboxylic acids is 2. The van der Waals surface area contributed by atoms with Crippen LogP contribution in [0.3, 0.4) is 0 Å². The predicted octanol–water partition coefficient (Wildman–Crippen LogP) is 6.29. The molecule has 1 N–H and O–H groups in total.